The number of alkyl halides is 1. The number of halogens is 2. The quantitative estimate of drug-likeness (QED) is 0.461. The van der Waals surface area contributed by atoms with Crippen molar-refractivity contribution in [1.29, 1.82) is 0 Å². The van der Waals surface area contributed by atoms with Gasteiger partial charge in [-0.3, -0.25) is 0 Å². The standard InChI is InChI=1S/C4H6Cl2O/c5-2-1-4(6)3-7/h3,7H,1-2H2. The summed E-state index contributed by atoms with van der Waals surface area (Å²) in [6.45, 7) is 0. The van der Waals surface area contributed by atoms with Gasteiger partial charge in [-0.25, -0.2) is 0 Å². The first kappa shape index (κ1) is 7.12. The number of rotatable bonds is 2. The summed E-state index contributed by atoms with van der Waals surface area (Å²) in [5.74, 6) is 0.454. The van der Waals surface area contributed by atoms with Crippen LogP contribution < -0.4 is 0 Å². The van der Waals surface area contributed by atoms with Crippen molar-refractivity contribution in [3.05, 3.63) is 11.3 Å². The van der Waals surface area contributed by atoms with Gasteiger partial charge < -0.3 is 5.11 Å². The van der Waals surface area contributed by atoms with Crippen LogP contribution in [0.25, 0.3) is 0 Å². The van der Waals surface area contributed by atoms with Crippen molar-refractivity contribution in [2.24, 2.45) is 0 Å². The minimum absolute atomic E-state index is 0.398. The monoisotopic (exact) mass is 140 g/mol. The van der Waals surface area contributed by atoms with Crippen LogP contribution in [0.3, 0.4) is 0 Å². The van der Waals surface area contributed by atoms with Crippen LogP contribution in [0.2, 0.25) is 0 Å². The van der Waals surface area contributed by atoms with Crippen molar-refractivity contribution < 1.29 is 5.11 Å². The van der Waals surface area contributed by atoms with Gasteiger partial charge in [0.05, 0.1) is 11.3 Å². The van der Waals surface area contributed by atoms with E-state index in [1.165, 1.54) is 0 Å². The van der Waals surface area contributed by atoms with Gasteiger partial charge in [0.2, 0.25) is 0 Å². The van der Waals surface area contributed by atoms with E-state index in [4.69, 9.17) is 28.3 Å². The van der Waals surface area contributed by atoms with E-state index in [0.717, 1.165) is 6.26 Å². The summed E-state index contributed by atoms with van der Waals surface area (Å²) in [5.41, 5.74) is 0. The second-order valence-electron chi connectivity index (χ2n) is 1.01. The molecule has 0 atom stereocenters. The molecule has 0 bridgehead atoms. The Balaban J connectivity index is 3.17. The smallest absolute Gasteiger partial charge is 0.0937 e. The molecule has 0 rings (SSSR count). The number of aliphatic hydroxyl groups excluding tert-OH is 1. The van der Waals surface area contributed by atoms with Crippen molar-refractivity contribution in [2.75, 3.05) is 5.88 Å². The minimum atomic E-state index is 0.398. The van der Waals surface area contributed by atoms with Gasteiger partial charge in [0.1, 0.15) is 0 Å². The number of hydrogen-bond donors (Lipinski definition) is 1. The van der Waals surface area contributed by atoms with Crippen LogP contribution in [-0.2, 0) is 0 Å². The Bertz CT molecular complexity index is 70.1. The summed E-state index contributed by atoms with van der Waals surface area (Å²) in [5, 5.41) is 8.51. The summed E-state index contributed by atoms with van der Waals surface area (Å²) in [6.07, 6.45) is 1.39. The molecule has 0 saturated carbocycles. The first-order chi connectivity index (χ1) is 3.31. The molecule has 0 amide bonds. The van der Waals surface area contributed by atoms with Crippen LogP contribution in [0.5, 0.6) is 0 Å². The second-order valence-corrected chi connectivity index (χ2v) is 1.88. The van der Waals surface area contributed by atoms with E-state index in [2.05, 4.69) is 0 Å². The highest BCUT2D eigenvalue weighted by atomic mass is 35.5. The first-order valence-corrected chi connectivity index (χ1v) is 2.77. The molecule has 0 fully saturated rings. The molecule has 0 radical (unpaired) electrons. The largest absolute Gasteiger partial charge is 0.514 e. The lowest BCUT2D eigenvalue weighted by Crippen LogP contribution is -1.72. The minimum Gasteiger partial charge on any atom is -0.514 e. The molecule has 0 spiro atoms. The molecule has 0 saturated heterocycles. The molecular formula is C4H6Cl2O. The fourth-order valence-electron chi connectivity index (χ4n) is 0.155. The van der Waals surface area contributed by atoms with E-state index in [9.17, 15) is 0 Å². The van der Waals surface area contributed by atoms with Crippen LogP contribution in [0.1, 0.15) is 6.42 Å². The molecule has 1 N–H and O–H groups in total. The van der Waals surface area contributed by atoms with Crippen LogP contribution >= 0.6 is 23.2 Å². The summed E-state index contributed by atoms with van der Waals surface area (Å²) in [4.78, 5) is 0. The van der Waals surface area contributed by atoms with Crippen molar-refractivity contribution in [3.63, 3.8) is 0 Å². The molecule has 3 heteroatoms. The average Bonchev–Trinajstić information content (AvgIpc) is 1.68. The maximum absolute atomic E-state index is 8.11. The highest BCUT2D eigenvalue weighted by Crippen LogP contribution is 2.05. The fourth-order valence-corrected chi connectivity index (χ4v) is 0.550. The number of allylic oxidation sites excluding steroid dienone is 1. The fraction of sp³-hybridized carbons (Fsp3) is 0.500. The Morgan fingerprint density at radius 2 is 2.29 bits per heavy atom. The Kier molecular flexibility index (Phi) is 4.36. The molecule has 0 aromatic heterocycles. The normalized spacial score (nSPS) is 12.0. The molecule has 42 valence electrons. The summed E-state index contributed by atoms with van der Waals surface area (Å²) < 4.78 is 0. The number of hydrogen-bond acceptors (Lipinski definition) is 1. The van der Waals surface area contributed by atoms with E-state index >= 15 is 0 Å². The van der Waals surface area contributed by atoms with Crippen LogP contribution in [0, 0.1) is 0 Å². The lowest BCUT2D eigenvalue weighted by Gasteiger charge is -1.85. The average molecular weight is 141 g/mol. The van der Waals surface area contributed by atoms with Gasteiger partial charge in [-0.1, -0.05) is 11.6 Å². The molecule has 0 aromatic rings. The zero-order valence-corrected chi connectivity index (χ0v) is 5.21. The van der Waals surface area contributed by atoms with E-state index in [0.29, 0.717) is 17.3 Å². The van der Waals surface area contributed by atoms with Gasteiger partial charge in [0, 0.05) is 5.88 Å². The Morgan fingerprint density at radius 3 is 2.43 bits per heavy atom. The Morgan fingerprint density at radius 1 is 1.71 bits per heavy atom. The zero-order valence-electron chi connectivity index (χ0n) is 3.69. The summed E-state index contributed by atoms with van der Waals surface area (Å²) >= 11 is 10.5. The maximum Gasteiger partial charge on any atom is 0.0937 e. The van der Waals surface area contributed by atoms with Crippen molar-refractivity contribution >= 4 is 23.2 Å². The highest BCUT2D eigenvalue weighted by Gasteiger charge is 1.86. The zero-order chi connectivity index (χ0) is 5.70. The Labute approximate surface area is 52.5 Å². The van der Waals surface area contributed by atoms with Gasteiger partial charge in [-0.15, -0.1) is 11.6 Å². The molecule has 0 aliphatic heterocycles. The van der Waals surface area contributed by atoms with Crippen LogP contribution in [0.4, 0.5) is 0 Å². The van der Waals surface area contributed by atoms with Gasteiger partial charge in [-0.2, -0.15) is 0 Å². The van der Waals surface area contributed by atoms with Gasteiger partial charge in [0.15, 0.2) is 0 Å². The predicted octanol–water partition coefficient (Wildman–Crippen LogP) is 2.25. The molecule has 0 aliphatic carbocycles. The second kappa shape index (κ2) is 4.28. The van der Waals surface area contributed by atoms with Gasteiger partial charge in [-0.05, 0) is 6.42 Å². The lowest BCUT2D eigenvalue weighted by molar-refractivity contribution is 0.469. The topological polar surface area (TPSA) is 20.2 Å². The van der Waals surface area contributed by atoms with Crippen LogP contribution in [-0.4, -0.2) is 11.0 Å². The maximum atomic E-state index is 8.11. The van der Waals surface area contributed by atoms with E-state index in [1.807, 2.05) is 0 Å². The van der Waals surface area contributed by atoms with Crippen LogP contribution in [0.15, 0.2) is 11.3 Å². The molecule has 0 unspecified atom stereocenters. The van der Waals surface area contributed by atoms with E-state index in [-0.39, 0.29) is 0 Å². The third-order valence-electron chi connectivity index (χ3n) is 0.473. The molecule has 0 aliphatic rings. The number of aliphatic hydroxyl groups is 1. The van der Waals surface area contributed by atoms with Crippen molar-refractivity contribution in [3.8, 4) is 0 Å². The summed E-state index contributed by atoms with van der Waals surface area (Å²) in [7, 11) is 0. The van der Waals surface area contributed by atoms with E-state index < -0.39 is 0 Å². The predicted molar refractivity (Wildman–Crippen MR) is 31.9 cm³/mol. The third-order valence-corrected chi connectivity index (χ3v) is 0.949. The molecule has 1 nitrogen and oxygen atoms in total. The van der Waals surface area contributed by atoms with E-state index in [1.54, 1.807) is 0 Å². The SMILES string of the molecule is OC=C(Cl)CCCl. The summed E-state index contributed by atoms with van der Waals surface area (Å²) in [6, 6.07) is 0. The lowest BCUT2D eigenvalue weighted by atomic mass is 10.5. The molecule has 7 heavy (non-hydrogen) atoms. The highest BCUT2D eigenvalue weighted by molar-refractivity contribution is 6.30. The molecule has 0 aromatic carbocycles. The van der Waals surface area contributed by atoms with Crippen molar-refractivity contribution in [1.82, 2.24) is 0 Å². The Hall–Kier alpha value is 0.120. The third kappa shape index (κ3) is 3.96. The first-order valence-electron chi connectivity index (χ1n) is 1.86. The molecular weight excluding hydrogens is 135 g/mol. The van der Waals surface area contributed by atoms with Crippen molar-refractivity contribution in [2.45, 2.75) is 6.42 Å². The van der Waals surface area contributed by atoms with Gasteiger partial charge >= 0.3 is 0 Å². The molecule has 0 heterocycles. The van der Waals surface area contributed by atoms with Gasteiger partial charge in [0.25, 0.3) is 0 Å².